The number of hydrogen-bond donors (Lipinski definition) is 3. The van der Waals surface area contributed by atoms with Crippen molar-refractivity contribution in [1.29, 1.82) is 0 Å². The van der Waals surface area contributed by atoms with Crippen molar-refractivity contribution in [3.63, 3.8) is 0 Å². The van der Waals surface area contributed by atoms with Gasteiger partial charge in [-0.15, -0.1) is 0 Å². The number of amides is 4. The summed E-state index contributed by atoms with van der Waals surface area (Å²) in [4.78, 5) is 50.7. The minimum absolute atomic E-state index is 0.0260. The summed E-state index contributed by atoms with van der Waals surface area (Å²) in [5.74, 6) is -0.407. The first kappa shape index (κ1) is 22.7. The topological polar surface area (TPSA) is 129 Å². The quantitative estimate of drug-likeness (QED) is 0.517. The van der Waals surface area contributed by atoms with Crippen LogP contribution in [0.2, 0.25) is 0 Å². The lowest BCUT2D eigenvalue weighted by molar-refractivity contribution is -0.128. The van der Waals surface area contributed by atoms with E-state index in [2.05, 4.69) is 32.5 Å². The zero-order valence-corrected chi connectivity index (χ0v) is 19.6. The summed E-state index contributed by atoms with van der Waals surface area (Å²) in [5, 5.41) is 9.50. The summed E-state index contributed by atoms with van der Waals surface area (Å²) in [6.07, 6.45) is 6.80. The van der Waals surface area contributed by atoms with E-state index >= 15 is 0 Å². The summed E-state index contributed by atoms with van der Waals surface area (Å²) >= 11 is 1.45. The van der Waals surface area contributed by atoms with Crippen LogP contribution in [0.15, 0.2) is 35.7 Å². The summed E-state index contributed by atoms with van der Waals surface area (Å²) in [6.45, 7) is 5.39. The number of hydrogen-bond acceptors (Lipinski definition) is 8. The van der Waals surface area contributed by atoms with Gasteiger partial charge in [-0.3, -0.25) is 14.5 Å². The van der Waals surface area contributed by atoms with Gasteiger partial charge in [-0.2, -0.15) is 0 Å². The van der Waals surface area contributed by atoms with E-state index in [-0.39, 0.29) is 47.2 Å². The highest BCUT2D eigenvalue weighted by Gasteiger charge is 2.52. The highest BCUT2D eigenvalue weighted by molar-refractivity contribution is 8.04. The summed E-state index contributed by atoms with van der Waals surface area (Å²) in [7, 11) is 1.49. The third-order valence-electron chi connectivity index (χ3n) is 6.67. The van der Waals surface area contributed by atoms with Gasteiger partial charge in [0.1, 0.15) is 0 Å². The number of methoxy groups -OCH3 is 1. The molecule has 3 N–H and O–H groups in total. The van der Waals surface area contributed by atoms with E-state index in [4.69, 9.17) is 4.74 Å². The Morgan fingerprint density at radius 3 is 2.85 bits per heavy atom. The Hall–Kier alpha value is -3.12. The number of thioether (sulfide) groups is 1. The molecule has 5 heterocycles. The standard InChI is InChI=1S/C22H27N7O4S/c1-3-15(30)28-8-4-5-12(11-28)26-19(31)18-17-16-14(6-7-23-20(16)34-18)29(22(32)27-17)13-9-24-21(33-2)25-10-13/h3,9-10,12,14,16,20,23H,1,4-8,11H2,2H3,(H,26,31)(H,27,32)/t12-,14?,16?,20?/m1/s1. The van der Waals surface area contributed by atoms with Crippen LogP contribution in [0, 0.1) is 5.92 Å². The zero-order valence-electron chi connectivity index (χ0n) is 18.8. The zero-order chi connectivity index (χ0) is 23.8. The molecule has 4 aliphatic heterocycles. The number of ether oxygens (including phenoxy) is 1. The number of nitrogens with zero attached hydrogens (tertiary/aromatic N) is 4. The van der Waals surface area contributed by atoms with Crippen LogP contribution in [0.3, 0.4) is 0 Å². The average Bonchev–Trinajstić information content (AvgIpc) is 3.23. The molecule has 3 unspecified atom stereocenters. The smallest absolute Gasteiger partial charge is 0.326 e. The molecule has 1 aromatic rings. The first-order chi connectivity index (χ1) is 16.5. The van der Waals surface area contributed by atoms with Crippen molar-refractivity contribution >= 4 is 35.3 Å². The van der Waals surface area contributed by atoms with Crippen LogP contribution in [0.1, 0.15) is 19.3 Å². The highest BCUT2D eigenvalue weighted by atomic mass is 32.2. The number of aromatic nitrogens is 2. The van der Waals surface area contributed by atoms with Crippen molar-refractivity contribution in [2.24, 2.45) is 5.92 Å². The van der Waals surface area contributed by atoms with Crippen molar-refractivity contribution in [3.8, 4) is 6.01 Å². The summed E-state index contributed by atoms with van der Waals surface area (Å²) in [5.41, 5.74) is 1.25. The molecule has 180 valence electrons. The summed E-state index contributed by atoms with van der Waals surface area (Å²) < 4.78 is 5.03. The first-order valence-corrected chi connectivity index (χ1v) is 12.2. The normalized spacial score (nSPS) is 28.2. The van der Waals surface area contributed by atoms with Crippen molar-refractivity contribution in [1.82, 2.24) is 30.8 Å². The maximum atomic E-state index is 13.3. The molecular formula is C22H27N7O4S. The predicted molar refractivity (Wildman–Crippen MR) is 126 cm³/mol. The monoisotopic (exact) mass is 485 g/mol. The van der Waals surface area contributed by atoms with Gasteiger partial charge in [0.05, 0.1) is 41.5 Å². The van der Waals surface area contributed by atoms with E-state index < -0.39 is 0 Å². The number of nitrogens with one attached hydrogen (secondary N) is 3. The molecule has 12 heteroatoms. The van der Waals surface area contributed by atoms with Gasteiger partial charge in [0.25, 0.3) is 5.91 Å². The van der Waals surface area contributed by atoms with Crippen LogP contribution in [0.5, 0.6) is 6.01 Å². The molecule has 5 rings (SSSR count). The molecule has 3 fully saturated rings. The van der Waals surface area contributed by atoms with Gasteiger partial charge in [0.15, 0.2) is 0 Å². The molecule has 4 atom stereocenters. The minimum atomic E-state index is -0.307. The minimum Gasteiger partial charge on any atom is -0.467 e. The molecule has 4 aliphatic rings. The van der Waals surface area contributed by atoms with E-state index in [1.165, 1.54) is 24.9 Å². The first-order valence-electron chi connectivity index (χ1n) is 11.3. The van der Waals surface area contributed by atoms with Gasteiger partial charge >= 0.3 is 12.0 Å². The third-order valence-corrected chi connectivity index (χ3v) is 8.02. The molecule has 34 heavy (non-hydrogen) atoms. The van der Waals surface area contributed by atoms with Gasteiger partial charge in [0.2, 0.25) is 5.91 Å². The van der Waals surface area contributed by atoms with Gasteiger partial charge in [-0.25, -0.2) is 14.8 Å². The Bertz CT molecular complexity index is 1050. The number of anilines is 1. The fraction of sp³-hybridized carbons (Fsp3) is 0.500. The summed E-state index contributed by atoms with van der Waals surface area (Å²) in [6, 6.07) is -0.340. The lowest BCUT2D eigenvalue weighted by Gasteiger charge is -2.45. The second-order valence-electron chi connectivity index (χ2n) is 8.65. The third kappa shape index (κ3) is 4.00. The lowest BCUT2D eigenvalue weighted by Crippen LogP contribution is -2.62. The molecular weight excluding hydrogens is 458 g/mol. The second-order valence-corrected chi connectivity index (χ2v) is 9.80. The van der Waals surface area contributed by atoms with E-state index in [9.17, 15) is 14.4 Å². The Balaban J connectivity index is 1.36. The van der Waals surface area contributed by atoms with Crippen LogP contribution in [-0.4, -0.2) is 76.9 Å². The van der Waals surface area contributed by atoms with E-state index in [1.54, 1.807) is 22.2 Å². The van der Waals surface area contributed by atoms with Crippen LogP contribution in [0.25, 0.3) is 0 Å². The van der Waals surface area contributed by atoms with Crippen LogP contribution < -0.4 is 25.6 Å². The Labute approximate surface area is 201 Å². The molecule has 0 spiro atoms. The number of carbonyl (C=O) groups excluding carboxylic acids is 3. The van der Waals surface area contributed by atoms with E-state index in [0.29, 0.717) is 29.4 Å². The van der Waals surface area contributed by atoms with Crippen molar-refractivity contribution < 1.29 is 19.1 Å². The van der Waals surface area contributed by atoms with Crippen molar-refractivity contribution in [2.75, 3.05) is 31.6 Å². The van der Waals surface area contributed by atoms with E-state index in [0.717, 1.165) is 25.8 Å². The molecule has 11 nitrogen and oxygen atoms in total. The molecule has 0 saturated carbocycles. The Morgan fingerprint density at radius 1 is 1.32 bits per heavy atom. The number of piperidine rings is 2. The molecule has 0 bridgehead atoms. The van der Waals surface area contributed by atoms with Crippen LogP contribution in [0.4, 0.5) is 10.5 Å². The SMILES string of the molecule is C=CC(=O)N1CCC[C@@H](NC(=O)C2=C3NC(=O)N(c4cnc(OC)nc4)C4CCNC(S2)C34)C1. The number of urea groups is 1. The van der Waals surface area contributed by atoms with Gasteiger partial charge < -0.3 is 25.6 Å². The molecule has 0 aliphatic carbocycles. The van der Waals surface area contributed by atoms with E-state index in [1.807, 2.05) is 0 Å². The maximum absolute atomic E-state index is 13.3. The predicted octanol–water partition coefficient (Wildman–Crippen LogP) is 0.571. The fourth-order valence-electron chi connectivity index (χ4n) is 5.14. The van der Waals surface area contributed by atoms with Crippen molar-refractivity contribution in [2.45, 2.75) is 36.7 Å². The molecule has 0 radical (unpaired) electrons. The van der Waals surface area contributed by atoms with Gasteiger partial charge in [-0.1, -0.05) is 18.3 Å². The Morgan fingerprint density at radius 2 is 2.12 bits per heavy atom. The average molecular weight is 486 g/mol. The highest BCUT2D eigenvalue weighted by Crippen LogP contribution is 2.47. The maximum Gasteiger partial charge on any atom is 0.326 e. The largest absolute Gasteiger partial charge is 0.467 e. The molecule has 4 amide bonds. The van der Waals surface area contributed by atoms with Crippen LogP contribution >= 0.6 is 11.8 Å². The number of carbonyl (C=O) groups is 3. The van der Waals surface area contributed by atoms with Gasteiger partial charge in [-0.05, 0) is 31.9 Å². The second kappa shape index (κ2) is 9.26. The molecule has 0 aromatic carbocycles. The molecule has 1 aromatic heterocycles. The lowest BCUT2D eigenvalue weighted by atomic mass is 9.86. The Kier molecular flexibility index (Phi) is 6.17. The fourth-order valence-corrected chi connectivity index (χ4v) is 6.54. The van der Waals surface area contributed by atoms with Crippen LogP contribution in [-0.2, 0) is 9.59 Å². The van der Waals surface area contributed by atoms with Gasteiger partial charge in [0, 0.05) is 30.7 Å². The molecule has 3 saturated heterocycles. The number of likely N-dealkylation sites (tertiary alicyclic amines) is 1. The number of rotatable bonds is 5. The van der Waals surface area contributed by atoms with Crippen molar-refractivity contribution in [3.05, 3.63) is 35.7 Å².